The van der Waals surface area contributed by atoms with E-state index in [0.29, 0.717) is 6.04 Å². The number of non-ortho nitro benzene ring substituents is 1. The van der Waals surface area contributed by atoms with E-state index in [2.05, 4.69) is 9.80 Å². The molecule has 0 bridgehead atoms. The summed E-state index contributed by atoms with van der Waals surface area (Å²) < 4.78 is 5.24. The van der Waals surface area contributed by atoms with E-state index in [1.165, 1.54) is 0 Å². The molecule has 0 aromatic heterocycles. The van der Waals surface area contributed by atoms with Gasteiger partial charge >= 0.3 is 0 Å². The van der Waals surface area contributed by atoms with Crippen molar-refractivity contribution in [3.8, 4) is 0 Å². The van der Waals surface area contributed by atoms with Crippen LogP contribution < -0.4 is 4.90 Å². The van der Waals surface area contributed by atoms with Crippen molar-refractivity contribution in [3.05, 3.63) is 33.9 Å². The van der Waals surface area contributed by atoms with Gasteiger partial charge in [-0.3, -0.25) is 15.0 Å². The van der Waals surface area contributed by atoms with Gasteiger partial charge in [-0.1, -0.05) is 0 Å². The van der Waals surface area contributed by atoms with Crippen LogP contribution in [0.25, 0.3) is 0 Å². The zero-order chi connectivity index (χ0) is 14.1. The molecule has 0 aliphatic carbocycles. The first-order valence-electron chi connectivity index (χ1n) is 6.97. The Bertz CT molecular complexity index is 508. The molecule has 2 aliphatic heterocycles. The standard InChI is InChI=1S/C14H19N3O3/c1-11-8-12(17(18)19)2-3-14(11)16-6-4-15(5-7-16)13-9-20-10-13/h2-3,8,13H,4-7,9-10H2,1H3. The molecule has 2 fully saturated rings. The number of anilines is 1. The number of ether oxygens (including phenoxy) is 1. The van der Waals surface area contributed by atoms with Crippen LogP contribution in [0.3, 0.4) is 0 Å². The fraction of sp³-hybridized carbons (Fsp3) is 0.571. The first-order chi connectivity index (χ1) is 9.65. The predicted molar refractivity (Wildman–Crippen MR) is 76.2 cm³/mol. The number of rotatable bonds is 3. The lowest BCUT2D eigenvalue weighted by Gasteiger charge is -2.43. The predicted octanol–water partition coefficient (Wildman–Crippen LogP) is 1.42. The van der Waals surface area contributed by atoms with E-state index in [9.17, 15) is 10.1 Å². The Morgan fingerprint density at radius 2 is 1.95 bits per heavy atom. The van der Waals surface area contributed by atoms with Crippen LogP contribution in [-0.2, 0) is 4.74 Å². The van der Waals surface area contributed by atoms with E-state index in [1.807, 2.05) is 13.0 Å². The maximum Gasteiger partial charge on any atom is 0.269 e. The average Bonchev–Trinajstić information content (AvgIpc) is 2.37. The van der Waals surface area contributed by atoms with Gasteiger partial charge < -0.3 is 9.64 Å². The molecule has 1 aromatic rings. The number of hydrogen-bond acceptors (Lipinski definition) is 5. The summed E-state index contributed by atoms with van der Waals surface area (Å²) in [7, 11) is 0. The second-order valence-electron chi connectivity index (χ2n) is 5.44. The van der Waals surface area contributed by atoms with Gasteiger partial charge in [-0.05, 0) is 18.6 Å². The van der Waals surface area contributed by atoms with Gasteiger partial charge in [0.1, 0.15) is 0 Å². The molecule has 0 N–H and O–H groups in total. The molecular weight excluding hydrogens is 258 g/mol. The van der Waals surface area contributed by atoms with Gasteiger partial charge in [0.2, 0.25) is 0 Å². The van der Waals surface area contributed by atoms with Gasteiger partial charge in [0.25, 0.3) is 5.69 Å². The molecule has 0 amide bonds. The van der Waals surface area contributed by atoms with Crippen LogP contribution in [0.2, 0.25) is 0 Å². The summed E-state index contributed by atoms with van der Waals surface area (Å²) in [6.45, 7) is 7.65. The smallest absolute Gasteiger partial charge is 0.269 e. The number of piperazine rings is 1. The molecule has 6 nitrogen and oxygen atoms in total. The maximum atomic E-state index is 10.8. The molecule has 1 aromatic carbocycles. The van der Waals surface area contributed by atoms with E-state index in [-0.39, 0.29) is 10.6 Å². The summed E-state index contributed by atoms with van der Waals surface area (Å²) in [5, 5.41) is 10.8. The van der Waals surface area contributed by atoms with Crippen LogP contribution in [0.15, 0.2) is 18.2 Å². The molecule has 2 heterocycles. The number of nitro benzene ring substituents is 1. The van der Waals surface area contributed by atoms with E-state index in [0.717, 1.165) is 50.6 Å². The Hall–Kier alpha value is -1.66. The van der Waals surface area contributed by atoms with Crippen LogP contribution in [0.5, 0.6) is 0 Å². The first-order valence-corrected chi connectivity index (χ1v) is 6.97. The van der Waals surface area contributed by atoms with Crippen molar-refractivity contribution >= 4 is 11.4 Å². The molecule has 3 rings (SSSR count). The summed E-state index contributed by atoms with van der Waals surface area (Å²) in [6.07, 6.45) is 0. The van der Waals surface area contributed by atoms with Crippen molar-refractivity contribution in [2.24, 2.45) is 0 Å². The minimum absolute atomic E-state index is 0.163. The molecule has 0 atom stereocenters. The molecule has 2 saturated heterocycles. The van der Waals surface area contributed by atoms with E-state index in [4.69, 9.17) is 4.74 Å². The Morgan fingerprint density at radius 1 is 1.25 bits per heavy atom. The lowest BCUT2D eigenvalue weighted by Crippen LogP contribution is -2.56. The third kappa shape index (κ3) is 2.48. The van der Waals surface area contributed by atoms with Crippen molar-refractivity contribution < 1.29 is 9.66 Å². The lowest BCUT2D eigenvalue weighted by atomic mass is 10.1. The Morgan fingerprint density at radius 3 is 2.45 bits per heavy atom. The van der Waals surface area contributed by atoms with Crippen LogP contribution in [-0.4, -0.2) is 55.3 Å². The van der Waals surface area contributed by atoms with Crippen molar-refractivity contribution in [3.63, 3.8) is 0 Å². The van der Waals surface area contributed by atoms with Gasteiger partial charge in [0.05, 0.1) is 24.2 Å². The second-order valence-corrected chi connectivity index (χ2v) is 5.44. The minimum atomic E-state index is -0.342. The summed E-state index contributed by atoms with van der Waals surface area (Å²) >= 11 is 0. The summed E-state index contributed by atoms with van der Waals surface area (Å²) in [4.78, 5) is 15.2. The molecule has 2 aliphatic rings. The summed E-state index contributed by atoms with van der Waals surface area (Å²) in [5.74, 6) is 0. The third-order valence-electron chi connectivity index (χ3n) is 4.18. The molecule has 0 spiro atoms. The maximum absolute atomic E-state index is 10.8. The molecule has 6 heteroatoms. The van der Waals surface area contributed by atoms with Gasteiger partial charge in [-0.25, -0.2) is 0 Å². The average molecular weight is 277 g/mol. The SMILES string of the molecule is Cc1cc([N+](=O)[O-])ccc1N1CCN(C2COC2)CC1. The molecular formula is C14H19N3O3. The van der Waals surface area contributed by atoms with Gasteiger partial charge in [0, 0.05) is 44.0 Å². The number of benzene rings is 1. The van der Waals surface area contributed by atoms with E-state index in [1.54, 1.807) is 12.1 Å². The zero-order valence-corrected chi connectivity index (χ0v) is 11.6. The van der Waals surface area contributed by atoms with Crippen molar-refractivity contribution in [2.45, 2.75) is 13.0 Å². The third-order valence-corrected chi connectivity index (χ3v) is 4.18. The van der Waals surface area contributed by atoms with Crippen molar-refractivity contribution in [1.29, 1.82) is 0 Å². The van der Waals surface area contributed by atoms with E-state index >= 15 is 0 Å². The molecule has 0 saturated carbocycles. The highest BCUT2D eigenvalue weighted by molar-refractivity contribution is 5.57. The molecule has 20 heavy (non-hydrogen) atoms. The van der Waals surface area contributed by atoms with Crippen LogP contribution in [0.4, 0.5) is 11.4 Å². The van der Waals surface area contributed by atoms with Crippen molar-refractivity contribution in [2.75, 3.05) is 44.3 Å². The normalized spacial score (nSPS) is 20.8. The fourth-order valence-corrected chi connectivity index (χ4v) is 2.87. The second kappa shape index (κ2) is 5.38. The quantitative estimate of drug-likeness (QED) is 0.618. The van der Waals surface area contributed by atoms with Crippen LogP contribution in [0.1, 0.15) is 5.56 Å². The number of nitrogens with zero attached hydrogens (tertiary/aromatic N) is 3. The fourth-order valence-electron chi connectivity index (χ4n) is 2.87. The van der Waals surface area contributed by atoms with Gasteiger partial charge in [0.15, 0.2) is 0 Å². The Kier molecular flexibility index (Phi) is 3.58. The largest absolute Gasteiger partial charge is 0.378 e. The highest BCUT2D eigenvalue weighted by Gasteiger charge is 2.29. The number of nitro groups is 1. The van der Waals surface area contributed by atoms with E-state index < -0.39 is 0 Å². The summed E-state index contributed by atoms with van der Waals surface area (Å²) in [5.41, 5.74) is 2.25. The minimum Gasteiger partial charge on any atom is -0.378 e. The van der Waals surface area contributed by atoms with Crippen LogP contribution >= 0.6 is 0 Å². The topological polar surface area (TPSA) is 58.9 Å². The van der Waals surface area contributed by atoms with Crippen molar-refractivity contribution in [1.82, 2.24) is 4.90 Å². The Labute approximate surface area is 118 Å². The van der Waals surface area contributed by atoms with Crippen LogP contribution in [0, 0.1) is 17.0 Å². The first kappa shape index (κ1) is 13.3. The molecule has 108 valence electrons. The number of aryl methyl sites for hydroxylation is 1. The monoisotopic (exact) mass is 277 g/mol. The lowest BCUT2D eigenvalue weighted by molar-refractivity contribution is -0.384. The highest BCUT2D eigenvalue weighted by Crippen LogP contribution is 2.26. The summed E-state index contributed by atoms with van der Waals surface area (Å²) in [6, 6.07) is 5.71. The zero-order valence-electron chi connectivity index (χ0n) is 11.6. The Balaban J connectivity index is 1.66. The molecule has 0 radical (unpaired) electrons. The van der Waals surface area contributed by atoms with Gasteiger partial charge in [-0.15, -0.1) is 0 Å². The highest BCUT2D eigenvalue weighted by atomic mass is 16.6. The van der Waals surface area contributed by atoms with Gasteiger partial charge in [-0.2, -0.15) is 0 Å². The number of hydrogen-bond donors (Lipinski definition) is 0. The molecule has 0 unspecified atom stereocenters.